The highest BCUT2D eigenvalue weighted by Gasteiger charge is 2.23. The van der Waals surface area contributed by atoms with Crippen LogP contribution >= 0.6 is 27.5 Å². The van der Waals surface area contributed by atoms with Crippen molar-refractivity contribution in [2.24, 2.45) is 0 Å². The van der Waals surface area contributed by atoms with Crippen molar-refractivity contribution in [2.45, 2.75) is 6.10 Å². The maximum absolute atomic E-state index is 10.3. The fraction of sp³-hybridized carbons (Fsp3) is 0.231. The van der Waals surface area contributed by atoms with Crippen LogP contribution in [0.1, 0.15) is 17.4 Å². The summed E-state index contributed by atoms with van der Waals surface area (Å²) in [6, 6.07) is 5.05. The van der Waals surface area contributed by atoms with Crippen LogP contribution in [0.2, 0.25) is 5.02 Å². The quantitative estimate of drug-likeness (QED) is 0.914. The van der Waals surface area contributed by atoms with E-state index in [0.29, 0.717) is 27.3 Å². The molecule has 102 valence electrons. The first-order chi connectivity index (χ1) is 9.10. The molecule has 2 rings (SSSR count). The monoisotopic (exact) mass is 346 g/mol. The minimum atomic E-state index is -0.989. The Labute approximate surface area is 124 Å². The van der Waals surface area contributed by atoms with Gasteiger partial charge in [0.1, 0.15) is 6.10 Å². The van der Waals surface area contributed by atoms with E-state index in [0.717, 1.165) is 0 Å². The minimum Gasteiger partial charge on any atom is -0.493 e. The Morgan fingerprint density at radius 1 is 1.26 bits per heavy atom. The van der Waals surface area contributed by atoms with Gasteiger partial charge in [-0.25, -0.2) is 0 Å². The van der Waals surface area contributed by atoms with E-state index >= 15 is 0 Å². The van der Waals surface area contributed by atoms with Crippen LogP contribution in [0.25, 0.3) is 0 Å². The molecule has 1 unspecified atom stereocenters. The summed E-state index contributed by atoms with van der Waals surface area (Å²) in [5.74, 6) is 1.26. The number of ether oxygens (including phenoxy) is 2. The zero-order valence-electron chi connectivity index (χ0n) is 10.3. The molecule has 0 aliphatic rings. The standard InChI is InChI=1S/C13H12BrClO4/c1-17-9-4-3-7(10(15)13(9)18-2)11(16)12-8(14)5-6-19-12/h3-6,11,16H,1-2H3. The number of aliphatic hydroxyl groups excluding tert-OH is 1. The summed E-state index contributed by atoms with van der Waals surface area (Å²) in [6.45, 7) is 0. The Bertz CT molecular complexity index is 582. The van der Waals surface area contributed by atoms with Gasteiger partial charge in [-0.3, -0.25) is 0 Å². The lowest BCUT2D eigenvalue weighted by molar-refractivity contribution is 0.188. The van der Waals surface area contributed by atoms with Crippen molar-refractivity contribution in [3.8, 4) is 11.5 Å². The normalized spacial score (nSPS) is 12.3. The number of furan rings is 1. The van der Waals surface area contributed by atoms with Crippen molar-refractivity contribution in [3.05, 3.63) is 45.3 Å². The predicted octanol–water partition coefficient (Wildman–Crippen LogP) is 3.79. The fourth-order valence-electron chi connectivity index (χ4n) is 1.76. The number of benzene rings is 1. The fourth-order valence-corrected chi connectivity index (χ4v) is 2.51. The molecule has 19 heavy (non-hydrogen) atoms. The second-order valence-corrected chi connectivity index (χ2v) is 4.97. The number of rotatable bonds is 4. The molecular weight excluding hydrogens is 335 g/mol. The summed E-state index contributed by atoms with van der Waals surface area (Å²) in [4.78, 5) is 0. The SMILES string of the molecule is COc1ccc(C(O)c2occc2Br)c(Cl)c1OC. The maximum atomic E-state index is 10.3. The molecule has 0 spiro atoms. The van der Waals surface area contributed by atoms with Gasteiger partial charge >= 0.3 is 0 Å². The largest absolute Gasteiger partial charge is 0.493 e. The third-order valence-electron chi connectivity index (χ3n) is 2.70. The van der Waals surface area contributed by atoms with Crippen LogP contribution in [0.5, 0.6) is 11.5 Å². The second-order valence-electron chi connectivity index (χ2n) is 3.74. The summed E-state index contributed by atoms with van der Waals surface area (Å²) < 4.78 is 16.2. The van der Waals surface area contributed by atoms with Crippen molar-refractivity contribution in [3.63, 3.8) is 0 Å². The molecule has 6 heteroatoms. The molecule has 0 bridgehead atoms. The van der Waals surface area contributed by atoms with E-state index in [-0.39, 0.29) is 5.02 Å². The van der Waals surface area contributed by atoms with Gasteiger partial charge < -0.3 is 19.0 Å². The molecule has 0 aliphatic heterocycles. The summed E-state index contributed by atoms with van der Waals surface area (Å²) in [5, 5.41) is 10.6. The van der Waals surface area contributed by atoms with Crippen LogP contribution in [-0.2, 0) is 0 Å². The number of hydrogen-bond acceptors (Lipinski definition) is 4. The van der Waals surface area contributed by atoms with E-state index in [1.54, 1.807) is 18.2 Å². The highest BCUT2D eigenvalue weighted by atomic mass is 79.9. The molecule has 1 atom stereocenters. The van der Waals surface area contributed by atoms with Crippen LogP contribution in [0.15, 0.2) is 33.4 Å². The summed E-state index contributed by atoms with van der Waals surface area (Å²) >= 11 is 9.53. The van der Waals surface area contributed by atoms with Gasteiger partial charge in [0.15, 0.2) is 17.3 Å². The van der Waals surface area contributed by atoms with Crippen molar-refractivity contribution < 1.29 is 19.0 Å². The van der Waals surface area contributed by atoms with Gasteiger partial charge in [-0.2, -0.15) is 0 Å². The van der Waals surface area contributed by atoms with Crippen LogP contribution in [-0.4, -0.2) is 19.3 Å². The summed E-state index contributed by atoms with van der Waals surface area (Å²) in [7, 11) is 3.01. The summed E-state index contributed by atoms with van der Waals surface area (Å²) in [6.07, 6.45) is 0.494. The van der Waals surface area contributed by atoms with Gasteiger partial charge in [-0.05, 0) is 28.1 Å². The molecule has 2 aromatic rings. The molecule has 0 radical (unpaired) electrons. The third-order valence-corrected chi connectivity index (χ3v) is 3.75. The topological polar surface area (TPSA) is 51.8 Å². The number of aliphatic hydroxyl groups is 1. The molecule has 1 heterocycles. The predicted molar refractivity (Wildman–Crippen MR) is 75.0 cm³/mol. The van der Waals surface area contributed by atoms with E-state index in [4.69, 9.17) is 25.5 Å². The molecule has 0 saturated carbocycles. The number of methoxy groups -OCH3 is 2. The van der Waals surface area contributed by atoms with Gasteiger partial charge in [0, 0.05) is 5.56 Å². The number of hydrogen-bond donors (Lipinski definition) is 1. The molecule has 0 aliphatic carbocycles. The lowest BCUT2D eigenvalue weighted by Crippen LogP contribution is -2.02. The van der Waals surface area contributed by atoms with Crippen molar-refractivity contribution >= 4 is 27.5 Å². The van der Waals surface area contributed by atoms with E-state index in [2.05, 4.69) is 15.9 Å². The van der Waals surface area contributed by atoms with E-state index in [1.807, 2.05) is 0 Å². The molecule has 4 nitrogen and oxygen atoms in total. The maximum Gasteiger partial charge on any atom is 0.179 e. The van der Waals surface area contributed by atoms with E-state index in [1.165, 1.54) is 20.5 Å². The first-order valence-corrected chi connectivity index (χ1v) is 6.58. The van der Waals surface area contributed by atoms with Gasteiger partial charge in [0.25, 0.3) is 0 Å². The van der Waals surface area contributed by atoms with Crippen LogP contribution in [0, 0.1) is 0 Å². The highest BCUT2D eigenvalue weighted by Crippen LogP contribution is 2.42. The zero-order valence-corrected chi connectivity index (χ0v) is 12.7. The third kappa shape index (κ3) is 2.59. The van der Waals surface area contributed by atoms with E-state index < -0.39 is 6.10 Å². The Hall–Kier alpha value is -1.17. The zero-order chi connectivity index (χ0) is 14.0. The smallest absolute Gasteiger partial charge is 0.179 e. The molecule has 0 amide bonds. The van der Waals surface area contributed by atoms with Crippen LogP contribution in [0.3, 0.4) is 0 Å². The second kappa shape index (κ2) is 5.86. The Kier molecular flexibility index (Phi) is 4.39. The van der Waals surface area contributed by atoms with Crippen molar-refractivity contribution in [1.29, 1.82) is 0 Å². The number of halogens is 2. The van der Waals surface area contributed by atoms with Gasteiger partial charge in [-0.1, -0.05) is 17.7 Å². The average molecular weight is 348 g/mol. The van der Waals surface area contributed by atoms with Crippen LogP contribution < -0.4 is 9.47 Å². The molecule has 0 saturated heterocycles. The average Bonchev–Trinajstić information content (AvgIpc) is 2.83. The molecule has 1 aromatic heterocycles. The Morgan fingerprint density at radius 3 is 2.53 bits per heavy atom. The van der Waals surface area contributed by atoms with Gasteiger partial charge in [0.2, 0.25) is 0 Å². The molecule has 1 aromatic carbocycles. The lowest BCUT2D eigenvalue weighted by atomic mass is 10.1. The first kappa shape index (κ1) is 14.2. The molecular formula is C13H12BrClO4. The first-order valence-electron chi connectivity index (χ1n) is 5.41. The Balaban J connectivity index is 2.49. The highest BCUT2D eigenvalue weighted by molar-refractivity contribution is 9.10. The van der Waals surface area contributed by atoms with Gasteiger partial charge in [-0.15, -0.1) is 0 Å². The van der Waals surface area contributed by atoms with E-state index in [9.17, 15) is 5.11 Å². The van der Waals surface area contributed by atoms with Crippen molar-refractivity contribution in [2.75, 3.05) is 14.2 Å². The van der Waals surface area contributed by atoms with Crippen molar-refractivity contribution in [1.82, 2.24) is 0 Å². The molecule has 0 fully saturated rings. The van der Waals surface area contributed by atoms with Gasteiger partial charge in [0.05, 0.1) is 30.0 Å². The van der Waals surface area contributed by atoms with Crippen LogP contribution in [0.4, 0.5) is 0 Å². The lowest BCUT2D eigenvalue weighted by Gasteiger charge is -2.15. The minimum absolute atomic E-state index is 0.289. The molecule has 1 N–H and O–H groups in total. The Morgan fingerprint density at radius 2 is 2.00 bits per heavy atom. The summed E-state index contributed by atoms with van der Waals surface area (Å²) in [5.41, 5.74) is 0.481.